The molecule has 208 valence electrons. The van der Waals surface area contributed by atoms with Crippen LogP contribution in [0.15, 0.2) is 41.0 Å². The van der Waals surface area contributed by atoms with Crippen LogP contribution < -0.4 is 0 Å². The quantitative estimate of drug-likeness (QED) is 0.199. The lowest BCUT2D eigenvalue weighted by molar-refractivity contribution is -0.118. The first-order chi connectivity index (χ1) is 18.2. The van der Waals surface area contributed by atoms with E-state index in [4.69, 9.17) is 4.74 Å². The van der Waals surface area contributed by atoms with Crippen molar-refractivity contribution in [1.29, 1.82) is 0 Å². The molecule has 1 aromatic carbocycles. The minimum Gasteiger partial charge on any atom is -0.388 e. The third-order valence-electron chi connectivity index (χ3n) is 8.47. The average molecular weight is 521 g/mol. The zero-order chi connectivity index (χ0) is 27.8. The number of hydrogen-bond donors (Lipinski definition) is 1. The lowest BCUT2D eigenvalue weighted by atomic mass is 9.68. The molecule has 0 radical (unpaired) electrons. The highest BCUT2D eigenvalue weighted by molar-refractivity contribution is 5.98. The van der Waals surface area contributed by atoms with E-state index in [0.717, 1.165) is 47.1 Å². The number of unbranched alkanes of at least 4 members (excludes halogenated alkanes) is 1. The van der Waals surface area contributed by atoms with Crippen LogP contribution in [0.1, 0.15) is 119 Å². The molecule has 0 heterocycles. The molecule has 2 aliphatic rings. The molecule has 0 aliphatic heterocycles. The first-order valence-electron chi connectivity index (χ1n) is 14.7. The van der Waals surface area contributed by atoms with Gasteiger partial charge in [0.05, 0.1) is 12.7 Å². The highest BCUT2D eigenvalue weighted by Gasteiger charge is 2.33. The van der Waals surface area contributed by atoms with Crippen molar-refractivity contribution in [2.24, 2.45) is 11.8 Å². The van der Waals surface area contributed by atoms with Gasteiger partial charge >= 0.3 is 0 Å². The van der Waals surface area contributed by atoms with Crippen molar-refractivity contribution in [2.45, 2.75) is 112 Å². The first-order valence-corrected chi connectivity index (χ1v) is 14.7. The van der Waals surface area contributed by atoms with Crippen LogP contribution in [0.2, 0.25) is 0 Å². The third-order valence-corrected chi connectivity index (χ3v) is 8.47. The van der Waals surface area contributed by atoms with Gasteiger partial charge in [-0.1, -0.05) is 51.0 Å². The Kier molecular flexibility index (Phi) is 11.3. The van der Waals surface area contributed by atoms with E-state index in [9.17, 15) is 14.7 Å². The van der Waals surface area contributed by atoms with Gasteiger partial charge in [0.2, 0.25) is 0 Å². The molecule has 0 spiro atoms. The highest BCUT2D eigenvalue weighted by Crippen LogP contribution is 2.46. The molecule has 0 bridgehead atoms. The lowest BCUT2D eigenvalue weighted by Crippen LogP contribution is -2.26. The molecular weight excluding hydrogens is 472 g/mol. The number of hydrogen-bond acceptors (Lipinski definition) is 4. The van der Waals surface area contributed by atoms with E-state index in [1.54, 1.807) is 7.11 Å². The summed E-state index contributed by atoms with van der Waals surface area (Å²) >= 11 is 0. The van der Waals surface area contributed by atoms with Crippen molar-refractivity contribution in [3.8, 4) is 0 Å². The number of carbonyl (C=O) groups is 2. The van der Waals surface area contributed by atoms with E-state index in [2.05, 4.69) is 38.1 Å². The van der Waals surface area contributed by atoms with Crippen molar-refractivity contribution in [3.05, 3.63) is 63.3 Å². The summed E-state index contributed by atoms with van der Waals surface area (Å²) in [5, 5.41) is 11.1. The Morgan fingerprint density at radius 1 is 1.13 bits per heavy atom. The number of methoxy groups -OCH3 is 1. The van der Waals surface area contributed by atoms with Gasteiger partial charge in [-0.25, -0.2) is 0 Å². The predicted octanol–water partition coefficient (Wildman–Crippen LogP) is 8.10. The fourth-order valence-corrected chi connectivity index (χ4v) is 6.02. The van der Waals surface area contributed by atoms with E-state index in [1.165, 1.54) is 36.0 Å². The number of ketones is 2. The summed E-state index contributed by atoms with van der Waals surface area (Å²) in [6.45, 7) is 10.6. The molecule has 1 fully saturated rings. The van der Waals surface area contributed by atoms with Crippen LogP contribution >= 0.6 is 0 Å². The van der Waals surface area contributed by atoms with Crippen LogP contribution in [-0.4, -0.2) is 29.9 Å². The zero-order valence-corrected chi connectivity index (χ0v) is 24.5. The molecule has 1 aromatic rings. The van der Waals surface area contributed by atoms with Gasteiger partial charge in [0.1, 0.15) is 5.78 Å². The van der Waals surface area contributed by atoms with E-state index >= 15 is 0 Å². The number of benzene rings is 1. The van der Waals surface area contributed by atoms with Crippen LogP contribution in [0.5, 0.6) is 0 Å². The largest absolute Gasteiger partial charge is 0.388 e. The lowest BCUT2D eigenvalue weighted by Gasteiger charge is -2.37. The highest BCUT2D eigenvalue weighted by atomic mass is 16.5. The summed E-state index contributed by atoms with van der Waals surface area (Å²) in [6, 6.07) is 4.24. The van der Waals surface area contributed by atoms with Gasteiger partial charge in [-0.15, -0.1) is 0 Å². The molecule has 1 N–H and O–H groups in total. The molecule has 4 nitrogen and oxygen atoms in total. The van der Waals surface area contributed by atoms with Gasteiger partial charge in [0, 0.05) is 37.9 Å². The zero-order valence-electron chi connectivity index (χ0n) is 24.5. The summed E-state index contributed by atoms with van der Waals surface area (Å²) in [7, 11) is 1.67. The topological polar surface area (TPSA) is 63.6 Å². The van der Waals surface area contributed by atoms with Crippen molar-refractivity contribution in [2.75, 3.05) is 7.11 Å². The number of carbonyl (C=O) groups excluding carboxylic acids is 2. The Hall–Kier alpha value is -2.30. The number of aryl methyl sites for hydroxylation is 1. The summed E-state index contributed by atoms with van der Waals surface area (Å²) in [5.74, 6) is 1.11. The molecule has 2 aliphatic carbocycles. The monoisotopic (exact) mass is 520 g/mol. The van der Waals surface area contributed by atoms with Crippen LogP contribution in [-0.2, 0) is 16.1 Å². The number of ether oxygens (including phenoxy) is 1. The molecule has 38 heavy (non-hydrogen) atoms. The van der Waals surface area contributed by atoms with Crippen LogP contribution in [0.25, 0.3) is 5.57 Å². The number of allylic oxidation sites excluding steroid dienone is 4. The third kappa shape index (κ3) is 7.01. The van der Waals surface area contributed by atoms with E-state index in [0.29, 0.717) is 44.0 Å². The van der Waals surface area contributed by atoms with Gasteiger partial charge in [-0.2, -0.15) is 0 Å². The first kappa shape index (κ1) is 30.2. The van der Waals surface area contributed by atoms with Gasteiger partial charge < -0.3 is 9.84 Å². The average Bonchev–Trinajstić information content (AvgIpc) is 2.88. The number of aliphatic hydroxyl groups is 1. The molecule has 2 atom stereocenters. The van der Waals surface area contributed by atoms with Crippen LogP contribution in [0.3, 0.4) is 0 Å². The second-order valence-electron chi connectivity index (χ2n) is 11.2. The van der Waals surface area contributed by atoms with Gasteiger partial charge in [0.15, 0.2) is 5.78 Å². The maximum absolute atomic E-state index is 13.0. The predicted molar refractivity (Wildman–Crippen MR) is 156 cm³/mol. The Labute approximate surface area is 230 Å². The standard InChI is InChI=1S/C34H48O4/c1-7-27(35)15-10-11-16-28(25-17-22(4)31(21-38-6)29(19-25)32(36)8-2)26-18-23(5)34(24-13-12-14-24)30(20-26)33(37)9-3/h16-17,19-20,24,26,33,37H,7-15,18,21H2,1-6H3/b28-16-. The number of Topliss-reactive ketones (excluding diaryl/α,β-unsaturated/α-hetero) is 2. The van der Waals surface area contributed by atoms with Crippen LogP contribution in [0.4, 0.5) is 0 Å². The molecule has 2 unspecified atom stereocenters. The fraction of sp³-hybridized carbons (Fsp3) is 0.588. The second-order valence-corrected chi connectivity index (χ2v) is 11.2. The number of rotatable bonds is 14. The van der Waals surface area contributed by atoms with Crippen LogP contribution in [0, 0.1) is 18.8 Å². The molecule has 1 saturated carbocycles. The normalized spacial score (nSPS) is 19.3. The minimum atomic E-state index is -0.463. The SMILES string of the molecule is CCC(=O)CCC/C=C(/c1cc(C)c(COC)c(C(=O)CC)c1)C1C=C(C(O)CC)C(C2CCC2)=C(C)C1. The molecule has 0 saturated heterocycles. The Bertz CT molecular complexity index is 1100. The summed E-state index contributed by atoms with van der Waals surface area (Å²) < 4.78 is 5.45. The fourth-order valence-electron chi connectivity index (χ4n) is 6.02. The van der Waals surface area contributed by atoms with Crippen molar-refractivity contribution >= 4 is 17.1 Å². The smallest absolute Gasteiger partial charge is 0.162 e. The number of aliphatic hydroxyl groups excluding tert-OH is 1. The van der Waals surface area contributed by atoms with E-state index < -0.39 is 6.10 Å². The van der Waals surface area contributed by atoms with Gasteiger partial charge in [-0.3, -0.25) is 9.59 Å². The van der Waals surface area contributed by atoms with Crippen molar-refractivity contribution in [1.82, 2.24) is 0 Å². The minimum absolute atomic E-state index is 0.120. The maximum atomic E-state index is 13.0. The van der Waals surface area contributed by atoms with Crippen molar-refractivity contribution < 1.29 is 19.4 Å². The van der Waals surface area contributed by atoms with E-state index in [1.807, 2.05) is 20.8 Å². The summed E-state index contributed by atoms with van der Waals surface area (Å²) in [6.07, 6.45) is 12.7. The molecule has 4 heteroatoms. The summed E-state index contributed by atoms with van der Waals surface area (Å²) in [5.41, 5.74) is 8.90. The second kappa shape index (κ2) is 14.2. The molecule has 0 aromatic heterocycles. The van der Waals surface area contributed by atoms with Gasteiger partial charge in [0.25, 0.3) is 0 Å². The maximum Gasteiger partial charge on any atom is 0.162 e. The van der Waals surface area contributed by atoms with Gasteiger partial charge in [-0.05, 0) is 97.8 Å². The Balaban J connectivity index is 2.09. The summed E-state index contributed by atoms with van der Waals surface area (Å²) in [4.78, 5) is 24.9. The van der Waals surface area contributed by atoms with Crippen molar-refractivity contribution in [3.63, 3.8) is 0 Å². The molecule has 3 rings (SSSR count). The molecule has 0 amide bonds. The van der Waals surface area contributed by atoms with E-state index in [-0.39, 0.29) is 11.7 Å². The Morgan fingerprint density at radius 2 is 1.87 bits per heavy atom. The Morgan fingerprint density at radius 3 is 2.45 bits per heavy atom. The molecular formula is C34H48O4.